The maximum Gasteiger partial charge on any atom is 0.142 e. The van der Waals surface area contributed by atoms with E-state index in [9.17, 15) is 5.11 Å². The zero-order valence-electron chi connectivity index (χ0n) is 14.0. The van der Waals surface area contributed by atoms with Crippen LogP contribution in [0.15, 0.2) is 30.7 Å². The SMILES string of the molecule is CC(C)c1ccc2ncnc(N3CC(O)(c4cnnn4C)C3)c2c1. The standard InChI is InChI=1S/C17H20N6O/c1-11(2)12-4-5-14-13(6-12)16(19-10-18-14)23-8-17(24,9-23)15-7-20-21-22(15)3/h4-7,10-11,24H,8-9H2,1-3H3. The first-order chi connectivity index (χ1) is 11.5. The molecule has 24 heavy (non-hydrogen) atoms. The van der Waals surface area contributed by atoms with Crippen molar-refractivity contribution in [1.29, 1.82) is 0 Å². The summed E-state index contributed by atoms with van der Waals surface area (Å²) in [7, 11) is 1.79. The average Bonchev–Trinajstić information content (AvgIpc) is 2.97. The second kappa shape index (κ2) is 5.24. The number of aliphatic hydroxyl groups is 1. The third-order valence-corrected chi connectivity index (χ3v) is 4.70. The van der Waals surface area contributed by atoms with Crippen molar-refractivity contribution in [3.8, 4) is 0 Å². The molecule has 7 heteroatoms. The van der Waals surface area contributed by atoms with Crippen molar-refractivity contribution >= 4 is 16.7 Å². The van der Waals surface area contributed by atoms with Crippen LogP contribution in [0.1, 0.15) is 31.0 Å². The molecule has 0 saturated carbocycles. The van der Waals surface area contributed by atoms with Gasteiger partial charge in [0.05, 0.1) is 30.5 Å². The summed E-state index contributed by atoms with van der Waals surface area (Å²) in [6.45, 7) is 5.27. The highest BCUT2D eigenvalue weighted by Gasteiger charge is 2.46. The number of aryl methyl sites for hydroxylation is 1. The molecular formula is C17H20N6O. The number of hydrogen-bond acceptors (Lipinski definition) is 6. The lowest BCUT2D eigenvalue weighted by molar-refractivity contribution is -0.000328. The molecule has 1 saturated heterocycles. The van der Waals surface area contributed by atoms with Gasteiger partial charge in [-0.25, -0.2) is 14.6 Å². The van der Waals surface area contributed by atoms with Gasteiger partial charge >= 0.3 is 0 Å². The van der Waals surface area contributed by atoms with E-state index in [1.54, 1.807) is 24.3 Å². The van der Waals surface area contributed by atoms with Gasteiger partial charge in [-0.05, 0) is 23.6 Å². The van der Waals surface area contributed by atoms with Gasteiger partial charge in [0, 0.05) is 12.4 Å². The lowest BCUT2D eigenvalue weighted by Gasteiger charge is -2.46. The van der Waals surface area contributed by atoms with E-state index in [0.717, 1.165) is 22.4 Å². The average molecular weight is 324 g/mol. The highest BCUT2D eigenvalue weighted by molar-refractivity contribution is 5.90. The molecule has 124 valence electrons. The highest BCUT2D eigenvalue weighted by atomic mass is 16.3. The molecule has 0 aliphatic carbocycles. The van der Waals surface area contributed by atoms with E-state index < -0.39 is 5.60 Å². The first-order valence-corrected chi connectivity index (χ1v) is 8.05. The Balaban J connectivity index is 1.69. The van der Waals surface area contributed by atoms with Crippen molar-refractivity contribution in [3.63, 3.8) is 0 Å². The molecule has 1 N–H and O–H groups in total. The first kappa shape index (κ1) is 15.0. The van der Waals surface area contributed by atoms with Crippen LogP contribution >= 0.6 is 0 Å². The van der Waals surface area contributed by atoms with Gasteiger partial charge < -0.3 is 10.0 Å². The summed E-state index contributed by atoms with van der Waals surface area (Å²) in [6.07, 6.45) is 3.20. The Bertz CT molecular complexity index is 897. The van der Waals surface area contributed by atoms with Gasteiger partial charge in [0.15, 0.2) is 0 Å². The maximum absolute atomic E-state index is 10.8. The molecule has 0 bridgehead atoms. The fourth-order valence-electron chi connectivity index (χ4n) is 3.28. The zero-order valence-corrected chi connectivity index (χ0v) is 14.0. The highest BCUT2D eigenvalue weighted by Crippen LogP contribution is 2.37. The molecule has 2 aromatic heterocycles. The number of benzene rings is 1. The van der Waals surface area contributed by atoms with E-state index >= 15 is 0 Å². The van der Waals surface area contributed by atoms with Crippen molar-refractivity contribution in [2.75, 3.05) is 18.0 Å². The van der Waals surface area contributed by atoms with Crippen LogP contribution in [-0.2, 0) is 12.6 Å². The van der Waals surface area contributed by atoms with Crippen LogP contribution in [-0.4, -0.2) is 43.2 Å². The summed E-state index contributed by atoms with van der Waals surface area (Å²) >= 11 is 0. The predicted molar refractivity (Wildman–Crippen MR) is 90.7 cm³/mol. The van der Waals surface area contributed by atoms with Gasteiger partial charge in [-0.1, -0.05) is 25.1 Å². The molecule has 7 nitrogen and oxygen atoms in total. The molecule has 0 spiro atoms. The van der Waals surface area contributed by atoms with Gasteiger partial charge in [0.25, 0.3) is 0 Å². The number of fused-ring (bicyclic) bond motifs is 1. The molecule has 0 unspecified atom stereocenters. The van der Waals surface area contributed by atoms with Crippen molar-refractivity contribution in [3.05, 3.63) is 42.0 Å². The molecule has 0 amide bonds. The van der Waals surface area contributed by atoms with E-state index in [0.29, 0.717) is 19.0 Å². The molecule has 3 aromatic rings. The smallest absolute Gasteiger partial charge is 0.142 e. The normalized spacial score (nSPS) is 16.6. The van der Waals surface area contributed by atoms with E-state index in [1.807, 2.05) is 6.07 Å². The lowest BCUT2D eigenvalue weighted by Crippen LogP contribution is -2.60. The number of nitrogens with zero attached hydrogens (tertiary/aromatic N) is 6. The molecule has 1 fully saturated rings. The summed E-state index contributed by atoms with van der Waals surface area (Å²) in [5, 5.41) is 19.6. The number of hydrogen-bond donors (Lipinski definition) is 1. The number of anilines is 1. The number of aromatic nitrogens is 5. The molecule has 1 aromatic carbocycles. The van der Waals surface area contributed by atoms with E-state index in [4.69, 9.17) is 0 Å². The minimum absolute atomic E-state index is 0.441. The topological polar surface area (TPSA) is 80.0 Å². The summed E-state index contributed by atoms with van der Waals surface area (Å²) in [5.74, 6) is 1.30. The molecule has 0 radical (unpaired) electrons. The maximum atomic E-state index is 10.8. The van der Waals surface area contributed by atoms with Gasteiger partial charge in [0.2, 0.25) is 0 Å². The lowest BCUT2D eigenvalue weighted by atomic mass is 9.90. The van der Waals surface area contributed by atoms with Crippen LogP contribution in [0.25, 0.3) is 10.9 Å². The zero-order chi connectivity index (χ0) is 16.9. The van der Waals surface area contributed by atoms with Gasteiger partial charge in [-0.15, -0.1) is 5.10 Å². The van der Waals surface area contributed by atoms with Crippen LogP contribution in [0.3, 0.4) is 0 Å². The third-order valence-electron chi connectivity index (χ3n) is 4.70. The van der Waals surface area contributed by atoms with E-state index in [-0.39, 0.29) is 0 Å². The predicted octanol–water partition coefficient (Wildman–Crippen LogP) is 1.59. The van der Waals surface area contributed by atoms with Crippen LogP contribution in [0, 0.1) is 0 Å². The van der Waals surface area contributed by atoms with Crippen molar-refractivity contribution in [2.45, 2.75) is 25.4 Å². The van der Waals surface area contributed by atoms with Gasteiger partial charge in [-0.2, -0.15) is 0 Å². The molecular weight excluding hydrogens is 304 g/mol. The van der Waals surface area contributed by atoms with Crippen LogP contribution in [0.4, 0.5) is 5.82 Å². The van der Waals surface area contributed by atoms with Crippen molar-refractivity contribution < 1.29 is 5.11 Å². The summed E-state index contributed by atoms with van der Waals surface area (Å²) in [6, 6.07) is 6.29. The van der Waals surface area contributed by atoms with Crippen molar-refractivity contribution in [1.82, 2.24) is 25.0 Å². The Morgan fingerprint density at radius 1 is 1.21 bits per heavy atom. The summed E-state index contributed by atoms with van der Waals surface area (Å²) in [4.78, 5) is 10.9. The second-order valence-corrected chi connectivity index (χ2v) is 6.76. The summed E-state index contributed by atoms with van der Waals surface area (Å²) < 4.78 is 1.62. The van der Waals surface area contributed by atoms with Crippen LogP contribution in [0.2, 0.25) is 0 Å². The Morgan fingerprint density at radius 3 is 2.67 bits per heavy atom. The molecule has 1 aliphatic rings. The van der Waals surface area contributed by atoms with E-state index in [1.165, 1.54) is 5.56 Å². The monoisotopic (exact) mass is 324 g/mol. The van der Waals surface area contributed by atoms with Crippen molar-refractivity contribution in [2.24, 2.45) is 7.05 Å². The summed E-state index contributed by atoms with van der Waals surface area (Å²) in [5.41, 5.74) is 1.96. The minimum atomic E-state index is -0.939. The fourth-order valence-corrected chi connectivity index (χ4v) is 3.28. The van der Waals surface area contributed by atoms with Gasteiger partial charge in [-0.3, -0.25) is 0 Å². The Morgan fingerprint density at radius 2 is 2.00 bits per heavy atom. The molecule has 0 atom stereocenters. The quantitative estimate of drug-likeness (QED) is 0.788. The molecule has 1 aliphatic heterocycles. The molecule has 4 rings (SSSR count). The Labute approximate surface area is 140 Å². The Hall–Kier alpha value is -2.54. The van der Waals surface area contributed by atoms with Crippen LogP contribution in [0.5, 0.6) is 0 Å². The second-order valence-electron chi connectivity index (χ2n) is 6.76. The number of rotatable bonds is 3. The van der Waals surface area contributed by atoms with Crippen LogP contribution < -0.4 is 4.90 Å². The largest absolute Gasteiger partial charge is 0.380 e. The van der Waals surface area contributed by atoms with E-state index in [2.05, 4.69) is 51.2 Å². The molecule has 3 heterocycles. The minimum Gasteiger partial charge on any atom is -0.380 e. The van der Waals surface area contributed by atoms with Gasteiger partial charge in [0.1, 0.15) is 17.7 Å². The first-order valence-electron chi connectivity index (χ1n) is 8.05. The third kappa shape index (κ3) is 2.24. The number of β-amino-alcohol motifs (C(OH)–C–C–N with tert-alkyl or cyclic N) is 1. The fraction of sp³-hybridized carbons (Fsp3) is 0.412. The Kier molecular flexibility index (Phi) is 3.28.